The predicted octanol–water partition coefficient (Wildman–Crippen LogP) is 3.08. The van der Waals surface area contributed by atoms with E-state index >= 15 is 0 Å². The summed E-state index contributed by atoms with van der Waals surface area (Å²) in [4.78, 5) is 37.3. The number of benzene rings is 2. The molecule has 0 radical (unpaired) electrons. The smallest absolute Gasteiger partial charge is 0.408 e. The number of nitrogens with zero attached hydrogens (tertiary/aromatic N) is 1. The molecule has 0 fully saturated rings. The van der Waals surface area contributed by atoms with Crippen molar-refractivity contribution in [3.63, 3.8) is 0 Å². The zero-order chi connectivity index (χ0) is 24.0. The van der Waals surface area contributed by atoms with E-state index in [0.29, 0.717) is 5.76 Å². The first kappa shape index (κ1) is 23.8. The topological polar surface area (TPSA) is 131 Å². The van der Waals surface area contributed by atoms with Crippen molar-refractivity contribution in [3.8, 4) is 0 Å². The van der Waals surface area contributed by atoms with Gasteiger partial charge in [-0.2, -0.15) is 0 Å². The summed E-state index contributed by atoms with van der Waals surface area (Å²) in [6.07, 6.45) is 0.670. The number of fused-ring (bicyclic) bond motifs is 1. The maximum absolute atomic E-state index is 13.1. The van der Waals surface area contributed by atoms with Gasteiger partial charge < -0.3 is 25.0 Å². The lowest BCUT2D eigenvalue weighted by Crippen LogP contribution is -2.53. The molecule has 0 aliphatic rings. The number of hydrogen-bond acceptors (Lipinski definition) is 6. The zero-order valence-corrected chi connectivity index (χ0v) is 18.7. The molecule has 1 aromatic heterocycles. The van der Waals surface area contributed by atoms with Crippen molar-refractivity contribution in [2.75, 3.05) is 0 Å². The van der Waals surface area contributed by atoms with Gasteiger partial charge in [0.1, 0.15) is 23.4 Å². The van der Waals surface area contributed by atoms with Gasteiger partial charge in [0.05, 0.1) is 6.20 Å². The fourth-order valence-electron chi connectivity index (χ4n) is 3.37. The highest BCUT2D eigenvalue weighted by atomic mass is 16.6. The molecule has 0 aliphatic carbocycles. The Balaban J connectivity index is 1.84. The predicted molar refractivity (Wildman–Crippen MR) is 121 cm³/mol. The van der Waals surface area contributed by atoms with Crippen LogP contribution in [-0.4, -0.2) is 45.9 Å². The minimum absolute atomic E-state index is 0.0888. The van der Waals surface area contributed by atoms with Crippen LogP contribution in [0.3, 0.4) is 0 Å². The van der Waals surface area contributed by atoms with Gasteiger partial charge in [0.2, 0.25) is 5.91 Å². The van der Waals surface area contributed by atoms with Gasteiger partial charge in [0.15, 0.2) is 0 Å². The Bertz CT molecular complexity index is 1120. The summed E-state index contributed by atoms with van der Waals surface area (Å²) in [5.41, 5.74) is 0.0619. The first-order valence-electron chi connectivity index (χ1n) is 10.5. The van der Waals surface area contributed by atoms with E-state index in [1.807, 2.05) is 42.5 Å². The Morgan fingerprint density at radius 2 is 1.73 bits per heavy atom. The first-order valence-corrected chi connectivity index (χ1v) is 10.5. The Hall–Kier alpha value is -3.88. The van der Waals surface area contributed by atoms with Crippen molar-refractivity contribution in [1.29, 1.82) is 0 Å². The van der Waals surface area contributed by atoms with Crippen LogP contribution in [0.25, 0.3) is 10.8 Å². The number of nitrogens with one attached hydrogen (secondary N) is 2. The average Bonchev–Trinajstić information content (AvgIpc) is 3.24. The molecule has 1 heterocycles. The van der Waals surface area contributed by atoms with E-state index in [1.54, 1.807) is 20.8 Å². The van der Waals surface area contributed by atoms with Crippen LogP contribution in [0.4, 0.5) is 4.79 Å². The van der Waals surface area contributed by atoms with Crippen LogP contribution in [0.1, 0.15) is 32.1 Å². The SMILES string of the molecule is CC(C)(C)OC(=O)N[C@@H](Cc1cccc2ccccc12)C(=O)N[C@@H](Cc1ccno1)C(=O)O. The average molecular weight is 453 g/mol. The number of alkyl carbamates (subject to hydrolysis) is 1. The molecule has 3 N–H and O–H groups in total. The molecule has 9 nitrogen and oxygen atoms in total. The Morgan fingerprint density at radius 1 is 1.00 bits per heavy atom. The third-order valence-electron chi connectivity index (χ3n) is 4.82. The number of ether oxygens (including phenoxy) is 1. The highest BCUT2D eigenvalue weighted by Crippen LogP contribution is 2.20. The molecule has 33 heavy (non-hydrogen) atoms. The molecule has 0 saturated carbocycles. The molecule has 0 saturated heterocycles. The molecule has 3 rings (SSSR count). The van der Waals surface area contributed by atoms with E-state index < -0.39 is 35.7 Å². The van der Waals surface area contributed by atoms with Crippen LogP contribution in [0.15, 0.2) is 59.3 Å². The molecule has 9 heteroatoms. The fourth-order valence-corrected chi connectivity index (χ4v) is 3.37. The van der Waals surface area contributed by atoms with Crippen molar-refractivity contribution >= 4 is 28.7 Å². The van der Waals surface area contributed by atoms with Gasteiger partial charge in [-0.15, -0.1) is 0 Å². The number of aromatic nitrogens is 1. The van der Waals surface area contributed by atoms with Crippen molar-refractivity contribution in [3.05, 3.63) is 66.1 Å². The van der Waals surface area contributed by atoms with Gasteiger partial charge in [0.25, 0.3) is 0 Å². The van der Waals surface area contributed by atoms with Crippen LogP contribution in [0.2, 0.25) is 0 Å². The van der Waals surface area contributed by atoms with Crippen LogP contribution in [-0.2, 0) is 27.2 Å². The van der Waals surface area contributed by atoms with Crippen LogP contribution in [0.5, 0.6) is 0 Å². The summed E-state index contributed by atoms with van der Waals surface area (Å²) in [6.45, 7) is 5.14. The summed E-state index contributed by atoms with van der Waals surface area (Å²) in [5, 5.41) is 20.1. The van der Waals surface area contributed by atoms with E-state index in [2.05, 4.69) is 15.8 Å². The van der Waals surface area contributed by atoms with Crippen LogP contribution >= 0.6 is 0 Å². The number of amides is 2. The second-order valence-corrected chi connectivity index (χ2v) is 8.62. The summed E-state index contributed by atoms with van der Waals surface area (Å²) in [7, 11) is 0. The maximum atomic E-state index is 13.1. The number of aliphatic carboxylic acids is 1. The monoisotopic (exact) mass is 453 g/mol. The van der Waals surface area contributed by atoms with Gasteiger partial charge in [-0.1, -0.05) is 47.6 Å². The fraction of sp³-hybridized carbons (Fsp3) is 0.333. The van der Waals surface area contributed by atoms with Crippen molar-refractivity contribution in [2.24, 2.45) is 0 Å². The number of rotatable bonds is 8. The van der Waals surface area contributed by atoms with E-state index in [9.17, 15) is 19.5 Å². The second-order valence-electron chi connectivity index (χ2n) is 8.62. The normalized spacial score (nSPS) is 13.2. The third kappa shape index (κ3) is 6.80. The van der Waals surface area contributed by atoms with Gasteiger partial charge in [-0.05, 0) is 37.1 Å². The zero-order valence-electron chi connectivity index (χ0n) is 18.7. The molecule has 3 aromatic rings. The summed E-state index contributed by atoms with van der Waals surface area (Å²) < 4.78 is 10.3. The molecular weight excluding hydrogens is 426 g/mol. The largest absolute Gasteiger partial charge is 0.480 e. The Kier molecular flexibility index (Phi) is 7.32. The number of carbonyl (C=O) groups is 3. The number of carboxylic acids is 1. The molecule has 0 bridgehead atoms. The molecular formula is C24H27N3O6. The summed E-state index contributed by atoms with van der Waals surface area (Å²) in [5.74, 6) is -1.57. The van der Waals surface area contributed by atoms with E-state index in [0.717, 1.165) is 16.3 Å². The third-order valence-corrected chi connectivity index (χ3v) is 4.82. The Labute approximate surface area is 191 Å². The van der Waals surface area contributed by atoms with E-state index in [4.69, 9.17) is 9.26 Å². The molecule has 0 unspecified atom stereocenters. The van der Waals surface area contributed by atoms with E-state index in [1.165, 1.54) is 12.3 Å². The number of carboxylic acid groups (broad SMARTS) is 1. The van der Waals surface area contributed by atoms with Crippen LogP contribution < -0.4 is 10.6 Å². The van der Waals surface area contributed by atoms with Gasteiger partial charge >= 0.3 is 12.1 Å². The minimum atomic E-state index is -1.26. The van der Waals surface area contributed by atoms with Crippen molar-refractivity contribution in [1.82, 2.24) is 15.8 Å². The van der Waals surface area contributed by atoms with Crippen molar-refractivity contribution < 1.29 is 28.8 Å². The minimum Gasteiger partial charge on any atom is -0.480 e. The quantitative estimate of drug-likeness (QED) is 0.478. The number of carbonyl (C=O) groups excluding carboxylic acids is 2. The van der Waals surface area contributed by atoms with Crippen molar-refractivity contribution in [2.45, 2.75) is 51.3 Å². The standard InChI is InChI=1S/C24H27N3O6/c1-24(2,3)32-23(31)27-19(13-16-9-6-8-15-7-4-5-10-18(15)16)21(28)26-20(22(29)30)14-17-11-12-25-33-17/h4-12,19-20H,13-14H2,1-3H3,(H,26,28)(H,27,31)(H,29,30)/t19-,20-/m0/s1. The van der Waals surface area contributed by atoms with Crippen LogP contribution in [0, 0.1) is 0 Å². The Morgan fingerprint density at radius 3 is 2.39 bits per heavy atom. The lowest BCUT2D eigenvalue weighted by molar-refractivity contribution is -0.142. The maximum Gasteiger partial charge on any atom is 0.408 e. The summed E-state index contributed by atoms with van der Waals surface area (Å²) >= 11 is 0. The molecule has 2 aromatic carbocycles. The van der Waals surface area contributed by atoms with Gasteiger partial charge in [0, 0.05) is 18.9 Å². The lowest BCUT2D eigenvalue weighted by Gasteiger charge is -2.24. The first-order chi connectivity index (χ1) is 15.6. The highest BCUT2D eigenvalue weighted by molar-refractivity contribution is 5.91. The molecule has 2 atom stereocenters. The summed E-state index contributed by atoms with van der Waals surface area (Å²) in [6, 6.07) is 12.6. The second kappa shape index (κ2) is 10.2. The number of hydrogen-bond donors (Lipinski definition) is 3. The van der Waals surface area contributed by atoms with Gasteiger partial charge in [-0.25, -0.2) is 9.59 Å². The lowest BCUT2D eigenvalue weighted by atomic mass is 9.98. The molecule has 174 valence electrons. The molecule has 0 aliphatic heterocycles. The van der Waals surface area contributed by atoms with E-state index in [-0.39, 0.29) is 12.8 Å². The van der Waals surface area contributed by atoms with Gasteiger partial charge in [-0.3, -0.25) is 4.79 Å². The highest BCUT2D eigenvalue weighted by Gasteiger charge is 2.29. The molecule has 0 spiro atoms. The molecule has 2 amide bonds.